The Morgan fingerprint density at radius 2 is 2.12 bits per heavy atom. The van der Waals surface area contributed by atoms with E-state index < -0.39 is 0 Å². The normalized spacial score (nSPS) is 15.4. The van der Waals surface area contributed by atoms with Gasteiger partial charge in [-0.3, -0.25) is 4.79 Å². The van der Waals surface area contributed by atoms with Crippen LogP contribution in [0.3, 0.4) is 0 Å². The number of carbonyl (C=O) groups excluding carboxylic acids is 1. The van der Waals surface area contributed by atoms with Gasteiger partial charge in [-0.05, 0) is 38.1 Å². The molecule has 0 aromatic heterocycles. The number of ether oxygens (including phenoxy) is 2. The predicted octanol–water partition coefficient (Wildman–Crippen LogP) is 3.82. The molecule has 132 valence electrons. The molecule has 0 spiro atoms. The Kier molecular flexibility index (Phi) is 5.87. The van der Waals surface area contributed by atoms with Crippen molar-refractivity contribution in [3.05, 3.63) is 53.6 Å². The SMILES string of the molecule is CCOc1cc2c(cc1CNC(=O)CSc1ccccc1)O[C@@H](C)C2. The van der Waals surface area contributed by atoms with E-state index in [9.17, 15) is 4.79 Å². The second-order valence-electron chi connectivity index (χ2n) is 6.01. The number of fused-ring (bicyclic) bond motifs is 1. The molecule has 0 saturated carbocycles. The number of hydrogen-bond donors (Lipinski definition) is 1. The lowest BCUT2D eigenvalue weighted by Gasteiger charge is -2.13. The van der Waals surface area contributed by atoms with E-state index in [1.54, 1.807) is 0 Å². The minimum Gasteiger partial charge on any atom is -0.494 e. The number of rotatable bonds is 7. The molecule has 1 atom stereocenters. The first kappa shape index (κ1) is 17.7. The monoisotopic (exact) mass is 357 g/mol. The Balaban J connectivity index is 1.60. The van der Waals surface area contributed by atoms with Gasteiger partial charge in [-0.1, -0.05) is 18.2 Å². The molecule has 3 rings (SSSR count). The van der Waals surface area contributed by atoms with Crippen LogP contribution in [-0.4, -0.2) is 24.4 Å². The van der Waals surface area contributed by atoms with Gasteiger partial charge in [0, 0.05) is 29.0 Å². The molecule has 0 bridgehead atoms. The molecule has 1 amide bonds. The van der Waals surface area contributed by atoms with Crippen molar-refractivity contribution in [3.8, 4) is 11.5 Å². The zero-order chi connectivity index (χ0) is 17.6. The van der Waals surface area contributed by atoms with E-state index in [0.29, 0.717) is 18.9 Å². The second kappa shape index (κ2) is 8.30. The average molecular weight is 357 g/mol. The third-order valence-electron chi connectivity index (χ3n) is 3.97. The molecule has 0 fully saturated rings. The highest BCUT2D eigenvalue weighted by Gasteiger charge is 2.22. The fraction of sp³-hybridized carbons (Fsp3) is 0.350. The number of amides is 1. The summed E-state index contributed by atoms with van der Waals surface area (Å²) < 4.78 is 11.6. The Hall–Kier alpha value is -2.14. The smallest absolute Gasteiger partial charge is 0.230 e. The molecule has 1 heterocycles. The van der Waals surface area contributed by atoms with Gasteiger partial charge in [0.25, 0.3) is 0 Å². The van der Waals surface area contributed by atoms with E-state index in [-0.39, 0.29) is 12.0 Å². The zero-order valence-electron chi connectivity index (χ0n) is 14.6. The number of carbonyl (C=O) groups is 1. The van der Waals surface area contributed by atoms with Crippen molar-refractivity contribution in [3.63, 3.8) is 0 Å². The van der Waals surface area contributed by atoms with Crippen LogP contribution in [0.1, 0.15) is 25.0 Å². The van der Waals surface area contributed by atoms with Crippen LogP contribution in [-0.2, 0) is 17.8 Å². The molecule has 1 aliphatic heterocycles. The summed E-state index contributed by atoms with van der Waals surface area (Å²) in [6, 6.07) is 14.0. The molecule has 2 aromatic carbocycles. The van der Waals surface area contributed by atoms with Gasteiger partial charge in [0.15, 0.2) is 0 Å². The van der Waals surface area contributed by atoms with E-state index in [1.807, 2.05) is 49.4 Å². The maximum absolute atomic E-state index is 12.1. The van der Waals surface area contributed by atoms with E-state index in [1.165, 1.54) is 17.3 Å². The highest BCUT2D eigenvalue weighted by molar-refractivity contribution is 8.00. The van der Waals surface area contributed by atoms with Crippen molar-refractivity contribution in [1.29, 1.82) is 0 Å². The van der Waals surface area contributed by atoms with Crippen LogP contribution in [0.2, 0.25) is 0 Å². The first-order chi connectivity index (χ1) is 12.2. The van der Waals surface area contributed by atoms with Gasteiger partial charge >= 0.3 is 0 Å². The van der Waals surface area contributed by atoms with Crippen molar-refractivity contribution < 1.29 is 14.3 Å². The first-order valence-corrected chi connectivity index (χ1v) is 9.54. The second-order valence-corrected chi connectivity index (χ2v) is 7.06. The average Bonchev–Trinajstić information content (AvgIpc) is 2.98. The van der Waals surface area contributed by atoms with Crippen LogP contribution >= 0.6 is 11.8 Å². The number of thioether (sulfide) groups is 1. The summed E-state index contributed by atoms with van der Waals surface area (Å²) in [7, 11) is 0. The minimum absolute atomic E-state index is 0.00564. The van der Waals surface area contributed by atoms with E-state index in [0.717, 1.165) is 28.4 Å². The molecule has 5 heteroatoms. The van der Waals surface area contributed by atoms with Crippen LogP contribution < -0.4 is 14.8 Å². The molecule has 0 aliphatic carbocycles. The van der Waals surface area contributed by atoms with Crippen LogP contribution in [0.5, 0.6) is 11.5 Å². The lowest BCUT2D eigenvalue weighted by atomic mass is 10.1. The molecule has 0 saturated heterocycles. The van der Waals surface area contributed by atoms with E-state index in [2.05, 4.69) is 12.2 Å². The summed E-state index contributed by atoms with van der Waals surface area (Å²) in [6.45, 7) is 5.06. The molecular formula is C20H23NO3S. The molecule has 0 unspecified atom stereocenters. The summed E-state index contributed by atoms with van der Waals surface area (Å²) >= 11 is 1.53. The van der Waals surface area contributed by atoms with Gasteiger partial charge in [0.1, 0.15) is 17.6 Å². The lowest BCUT2D eigenvalue weighted by molar-refractivity contribution is -0.118. The Labute approximate surface area is 152 Å². The molecule has 25 heavy (non-hydrogen) atoms. The van der Waals surface area contributed by atoms with Crippen LogP contribution in [0.4, 0.5) is 0 Å². The Morgan fingerprint density at radius 1 is 1.32 bits per heavy atom. The van der Waals surface area contributed by atoms with Crippen LogP contribution in [0.15, 0.2) is 47.4 Å². The van der Waals surface area contributed by atoms with Gasteiger partial charge in [0.2, 0.25) is 5.91 Å². The van der Waals surface area contributed by atoms with Crippen LogP contribution in [0.25, 0.3) is 0 Å². The summed E-state index contributed by atoms with van der Waals surface area (Å²) in [6.07, 6.45) is 1.09. The van der Waals surface area contributed by atoms with Crippen molar-refractivity contribution in [2.75, 3.05) is 12.4 Å². The maximum Gasteiger partial charge on any atom is 0.230 e. The fourth-order valence-electron chi connectivity index (χ4n) is 2.82. The van der Waals surface area contributed by atoms with E-state index in [4.69, 9.17) is 9.47 Å². The van der Waals surface area contributed by atoms with E-state index >= 15 is 0 Å². The molecular weight excluding hydrogens is 334 g/mol. The Bertz CT molecular complexity index is 733. The molecule has 2 aromatic rings. The van der Waals surface area contributed by atoms with Gasteiger partial charge in [-0.2, -0.15) is 0 Å². The zero-order valence-corrected chi connectivity index (χ0v) is 15.4. The topological polar surface area (TPSA) is 47.6 Å². The maximum atomic E-state index is 12.1. The van der Waals surface area contributed by atoms with Gasteiger partial charge in [0.05, 0.1) is 12.4 Å². The predicted molar refractivity (Wildman–Crippen MR) is 100 cm³/mol. The van der Waals surface area contributed by atoms with Crippen molar-refractivity contribution in [2.45, 2.75) is 37.8 Å². The molecule has 0 radical (unpaired) electrons. The number of benzene rings is 2. The summed E-state index contributed by atoms with van der Waals surface area (Å²) in [5.41, 5.74) is 2.12. The third-order valence-corrected chi connectivity index (χ3v) is 4.98. The standard InChI is InChI=1S/C20H23NO3S/c1-3-23-18-10-15-9-14(2)24-19(15)11-16(18)12-21-20(22)13-25-17-7-5-4-6-8-17/h4-8,10-11,14H,3,9,12-13H2,1-2H3,(H,21,22)/t14-/m0/s1. The fourth-order valence-corrected chi connectivity index (χ4v) is 3.57. The van der Waals surface area contributed by atoms with Crippen molar-refractivity contribution in [1.82, 2.24) is 5.32 Å². The van der Waals surface area contributed by atoms with Gasteiger partial charge in [-0.15, -0.1) is 11.8 Å². The van der Waals surface area contributed by atoms with Crippen molar-refractivity contribution in [2.24, 2.45) is 0 Å². The minimum atomic E-state index is 0.00564. The Morgan fingerprint density at radius 3 is 2.88 bits per heavy atom. The molecule has 1 aliphatic rings. The molecule has 1 N–H and O–H groups in total. The van der Waals surface area contributed by atoms with Crippen molar-refractivity contribution >= 4 is 17.7 Å². The highest BCUT2D eigenvalue weighted by Crippen LogP contribution is 2.35. The quantitative estimate of drug-likeness (QED) is 0.766. The number of nitrogens with one attached hydrogen (secondary N) is 1. The third kappa shape index (κ3) is 4.69. The molecule has 4 nitrogen and oxygen atoms in total. The first-order valence-electron chi connectivity index (χ1n) is 8.55. The number of hydrogen-bond acceptors (Lipinski definition) is 4. The highest BCUT2D eigenvalue weighted by atomic mass is 32.2. The summed E-state index contributed by atoms with van der Waals surface area (Å²) in [5.74, 6) is 2.13. The largest absolute Gasteiger partial charge is 0.494 e. The summed E-state index contributed by atoms with van der Waals surface area (Å²) in [5, 5.41) is 2.98. The van der Waals surface area contributed by atoms with Crippen LogP contribution in [0, 0.1) is 0 Å². The lowest BCUT2D eigenvalue weighted by Crippen LogP contribution is -2.24. The summed E-state index contributed by atoms with van der Waals surface area (Å²) in [4.78, 5) is 13.2. The van der Waals surface area contributed by atoms with Gasteiger partial charge < -0.3 is 14.8 Å². The van der Waals surface area contributed by atoms with Gasteiger partial charge in [-0.25, -0.2) is 0 Å².